The topological polar surface area (TPSA) is 18.5 Å². The Morgan fingerprint density at radius 3 is 2.21 bits per heavy atom. The Hall–Kier alpha value is -0.0800. The van der Waals surface area contributed by atoms with E-state index < -0.39 is 0 Å². The van der Waals surface area contributed by atoms with Crippen LogP contribution in [0.5, 0.6) is 0 Å². The van der Waals surface area contributed by atoms with Crippen LogP contribution in [0.3, 0.4) is 0 Å². The van der Waals surface area contributed by atoms with Gasteiger partial charge < -0.3 is 9.47 Å². The lowest BCUT2D eigenvalue weighted by atomic mass is 10.1. The lowest BCUT2D eigenvalue weighted by Crippen LogP contribution is -2.17. The molecule has 14 heavy (non-hydrogen) atoms. The Morgan fingerprint density at radius 1 is 1.00 bits per heavy atom. The second-order valence-corrected chi connectivity index (χ2v) is 3.74. The average molecular weight is 202 g/mol. The number of rotatable bonds is 9. The zero-order valence-electron chi connectivity index (χ0n) is 10.2. The molecule has 0 bridgehead atoms. The lowest BCUT2D eigenvalue weighted by molar-refractivity contribution is 0.00337. The van der Waals surface area contributed by atoms with Gasteiger partial charge in [-0.1, -0.05) is 20.3 Å². The average Bonchev–Trinajstić information content (AvgIpc) is 2.18. The van der Waals surface area contributed by atoms with E-state index in [-0.39, 0.29) is 0 Å². The van der Waals surface area contributed by atoms with Gasteiger partial charge in [0.2, 0.25) is 0 Å². The van der Waals surface area contributed by atoms with Crippen LogP contribution in [0, 0.1) is 0 Å². The summed E-state index contributed by atoms with van der Waals surface area (Å²) in [5.74, 6) is 0. The van der Waals surface area contributed by atoms with Gasteiger partial charge >= 0.3 is 0 Å². The molecule has 2 nitrogen and oxygen atoms in total. The quantitative estimate of drug-likeness (QED) is 0.570. The minimum atomic E-state index is 0.388. The fourth-order valence-electron chi connectivity index (χ4n) is 1.39. The SMILES string of the molecule is CCC[C@@H](CCO[C@H](C)CC)OCC. The maximum Gasteiger partial charge on any atom is 0.0596 e. The summed E-state index contributed by atoms with van der Waals surface area (Å²) in [6, 6.07) is 0. The Balaban J connectivity index is 3.49. The van der Waals surface area contributed by atoms with Crippen molar-refractivity contribution in [3.05, 3.63) is 0 Å². The molecule has 0 amide bonds. The molecule has 2 atom stereocenters. The van der Waals surface area contributed by atoms with Crippen molar-refractivity contribution >= 4 is 0 Å². The van der Waals surface area contributed by atoms with Crippen LogP contribution >= 0.6 is 0 Å². The predicted molar refractivity (Wildman–Crippen MR) is 60.6 cm³/mol. The molecule has 0 aliphatic carbocycles. The fraction of sp³-hybridized carbons (Fsp3) is 1.00. The smallest absolute Gasteiger partial charge is 0.0596 e. The molecule has 0 aliphatic heterocycles. The molecule has 0 fully saturated rings. The Bertz CT molecular complexity index is 109. The van der Waals surface area contributed by atoms with E-state index in [9.17, 15) is 0 Å². The summed E-state index contributed by atoms with van der Waals surface area (Å²) in [6.07, 6.45) is 5.25. The highest BCUT2D eigenvalue weighted by molar-refractivity contribution is 4.57. The zero-order chi connectivity index (χ0) is 10.8. The minimum absolute atomic E-state index is 0.388. The molecule has 0 aromatic rings. The fourth-order valence-corrected chi connectivity index (χ4v) is 1.39. The van der Waals surface area contributed by atoms with Crippen molar-refractivity contribution in [2.24, 2.45) is 0 Å². The first-order valence-electron chi connectivity index (χ1n) is 5.97. The van der Waals surface area contributed by atoms with Crippen LogP contribution in [0.15, 0.2) is 0 Å². The summed E-state index contributed by atoms with van der Waals surface area (Å²) >= 11 is 0. The first-order valence-corrected chi connectivity index (χ1v) is 5.97. The molecular formula is C12H26O2. The van der Waals surface area contributed by atoms with Crippen LogP contribution in [0.4, 0.5) is 0 Å². The molecule has 0 spiro atoms. The van der Waals surface area contributed by atoms with Crippen LogP contribution in [0.2, 0.25) is 0 Å². The molecule has 0 N–H and O–H groups in total. The van der Waals surface area contributed by atoms with Crippen molar-refractivity contribution in [3.63, 3.8) is 0 Å². The maximum atomic E-state index is 5.63. The highest BCUT2D eigenvalue weighted by atomic mass is 16.5. The molecule has 86 valence electrons. The molecule has 0 aliphatic rings. The Labute approximate surface area is 89.0 Å². The highest BCUT2D eigenvalue weighted by Crippen LogP contribution is 2.08. The van der Waals surface area contributed by atoms with E-state index in [0.717, 1.165) is 32.5 Å². The normalized spacial score (nSPS) is 15.4. The molecule has 0 heterocycles. The largest absolute Gasteiger partial charge is 0.378 e. The standard InChI is InChI=1S/C12H26O2/c1-5-8-12(13-7-3)9-10-14-11(4)6-2/h11-12H,5-10H2,1-4H3/t11-,12+/m1/s1. The van der Waals surface area contributed by atoms with Crippen LogP contribution in [0.1, 0.15) is 53.4 Å². The van der Waals surface area contributed by atoms with Gasteiger partial charge in [0, 0.05) is 13.2 Å². The monoisotopic (exact) mass is 202 g/mol. The Morgan fingerprint density at radius 2 is 1.71 bits per heavy atom. The van der Waals surface area contributed by atoms with Gasteiger partial charge in [0.15, 0.2) is 0 Å². The van der Waals surface area contributed by atoms with E-state index >= 15 is 0 Å². The summed E-state index contributed by atoms with van der Waals surface area (Å²) in [5, 5.41) is 0. The third-order valence-corrected chi connectivity index (χ3v) is 2.43. The second-order valence-electron chi connectivity index (χ2n) is 3.74. The summed E-state index contributed by atoms with van der Waals surface area (Å²) in [6.45, 7) is 10.2. The van der Waals surface area contributed by atoms with Gasteiger partial charge in [-0.3, -0.25) is 0 Å². The molecule has 0 rings (SSSR count). The highest BCUT2D eigenvalue weighted by Gasteiger charge is 2.07. The number of hydrogen-bond acceptors (Lipinski definition) is 2. The van der Waals surface area contributed by atoms with Gasteiger partial charge in [-0.15, -0.1) is 0 Å². The summed E-state index contributed by atoms with van der Waals surface area (Å²) in [5.41, 5.74) is 0. The molecule has 0 saturated carbocycles. The third-order valence-electron chi connectivity index (χ3n) is 2.43. The van der Waals surface area contributed by atoms with E-state index in [1.807, 2.05) is 0 Å². The zero-order valence-corrected chi connectivity index (χ0v) is 10.2. The predicted octanol–water partition coefficient (Wildman–Crippen LogP) is 3.40. The van der Waals surface area contributed by atoms with E-state index in [1.165, 1.54) is 6.42 Å². The van der Waals surface area contributed by atoms with E-state index in [2.05, 4.69) is 27.7 Å². The first-order chi connectivity index (χ1) is 6.74. The molecule has 0 aromatic heterocycles. The second kappa shape index (κ2) is 9.47. The third kappa shape index (κ3) is 7.34. The van der Waals surface area contributed by atoms with Gasteiger partial charge in [-0.25, -0.2) is 0 Å². The van der Waals surface area contributed by atoms with Crippen molar-refractivity contribution in [2.45, 2.75) is 65.6 Å². The molecule has 0 radical (unpaired) electrons. The van der Waals surface area contributed by atoms with Crippen molar-refractivity contribution in [3.8, 4) is 0 Å². The van der Waals surface area contributed by atoms with E-state index in [1.54, 1.807) is 0 Å². The summed E-state index contributed by atoms with van der Waals surface area (Å²) in [4.78, 5) is 0. The Kier molecular flexibility index (Phi) is 9.42. The van der Waals surface area contributed by atoms with Crippen molar-refractivity contribution < 1.29 is 9.47 Å². The van der Waals surface area contributed by atoms with Gasteiger partial charge in [-0.05, 0) is 33.1 Å². The van der Waals surface area contributed by atoms with Gasteiger partial charge in [0.1, 0.15) is 0 Å². The summed E-state index contributed by atoms with van der Waals surface area (Å²) in [7, 11) is 0. The van der Waals surface area contributed by atoms with Crippen LogP contribution in [-0.4, -0.2) is 25.4 Å². The lowest BCUT2D eigenvalue weighted by Gasteiger charge is -2.17. The molecule has 0 saturated heterocycles. The molecule has 0 unspecified atom stereocenters. The number of ether oxygens (including phenoxy) is 2. The molecule has 2 heteroatoms. The van der Waals surface area contributed by atoms with E-state index in [4.69, 9.17) is 9.47 Å². The van der Waals surface area contributed by atoms with Crippen LogP contribution in [-0.2, 0) is 9.47 Å². The maximum absolute atomic E-state index is 5.63. The van der Waals surface area contributed by atoms with Crippen LogP contribution in [0.25, 0.3) is 0 Å². The minimum Gasteiger partial charge on any atom is -0.378 e. The van der Waals surface area contributed by atoms with Crippen molar-refractivity contribution in [1.29, 1.82) is 0 Å². The van der Waals surface area contributed by atoms with Crippen molar-refractivity contribution in [1.82, 2.24) is 0 Å². The molecule has 0 aromatic carbocycles. The first kappa shape index (κ1) is 13.9. The van der Waals surface area contributed by atoms with Crippen molar-refractivity contribution in [2.75, 3.05) is 13.2 Å². The number of hydrogen-bond donors (Lipinski definition) is 0. The van der Waals surface area contributed by atoms with E-state index in [0.29, 0.717) is 12.2 Å². The van der Waals surface area contributed by atoms with Gasteiger partial charge in [-0.2, -0.15) is 0 Å². The van der Waals surface area contributed by atoms with Crippen LogP contribution < -0.4 is 0 Å². The summed E-state index contributed by atoms with van der Waals surface area (Å²) < 4.78 is 11.3. The van der Waals surface area contributed by atoms with Gasteiger partial charge in [0.05, 0.1) is 12.2 Å². The van der Waals surface area contributed by atoms with Gasteiger partial charge in [0.25, 0.3) is 0 Å². The molecular weight excluding hydrogens is 176 g/mol.